The highest BCUT2D eigenvalue weighted by atomic mass is 16.5. The van der Waals surface area contributed by atoms with Crippen LogP contribution in [0, 0.1) is 0 Å². The largest absolute Gasteiger partial charge is 0.508 e. The third-order valence-electron chi connectivity index (χ3n) is 5.41. The van der Waals surface area contributed by atoms with Gasteiger partial charge in [0.25, 0.3) is 5.56 Å². The molecule has 1 N–H and O–H groups in total. The van der Waals surface area contributed by atoms with Crippen LogP contribution >= 0.6 is 0 Å². The van der Waals surface area contributed by atoms with Crippen LogP contribution in [0.25, 0.3) is 11.2 Å². The van der Waals surface area contributed by atoms with Crippen molar-refractivity contribution in [2.75, 3.05) is 0 Å². The first-order valence-electron chi connectivity index (χ1n) is 10.7. The second-order valence-corrected chi connectivity index (χ2v) is 7.63. The molecule has 10 nitrogen and oxygen atoms in total. The highest BCUT2D eigenvalue weighted by molar-refractivity contribution is 5.72. The molecular formula is C24H21N5O5. The summed E-state index contributed by atoms with van der Waals surface area (Å²) in [5.41, 5.74) is 0.329. The Morgan fingerprint density at radius 2 is 1.79 bits per heavy atom. The average molecular weight is 459 g/mol. The second-order valence-electron chi connectivity index (χ2n) is 7.63. The molecule has 0 aliphatic rings. The highest BCUT2D eigenvalue weighted by Gasteiger charge is 2.23. The van der Waals surface area contributed by atoms with Gasteiger partial charge in [-0.3, -0.25) is 18.5 Å². The minimum absolute atomic E-state index is 0.0306. The van der Waals surface area contributed by atoms with Crippen LogP contribution in [-0.4, -0.2) is 28.9 Å². The number of ether oxygens (including phenoxy) is 1. The van der Waals surface area contributed by atoms with Crippen molar-refractivity contribution >= 4 is 11.2 Å². The Bertz CT molecular complexity index is 1570. The van der Waals surface area contributed by atoms with Gasteiger partial charge in [-0.25, -0.2) is 4.79 Å². The molecule has 0 amide bonds. The fourth-order valence-electron chi connectivity index (χ4n) is 3.82. The van der Waals surface area contributed by atoms with E-state index in [4.69, 9.17) is 9.26 Å². The molecule has 0 bridgehead atoms. The fourth-order valence-corrected chi connectivity index (χ4v) is 3.82. The minimum atomic E-state index is -0.518. The molecule has 0 radical (unpaired) electrons. The van der Waals surface area contributed by atoms with Crippen molar-refractivity contribution in [1.82, 2.24) is 23.8 Å². The van der Waals surface area contributed by atoms with Crippen LogP contribution in [0.2, 0.25) is 0 Å². The number of hydrogen-bond acceptors (Lipinski definition) is 7. The summed E-state index contributed by atoms with van der Waals surface area (Å²) in [6.45, 7) is 2.31. The Morgan fingerprint density at radius 1 is 0.971 bits per heavy atom. The zero-order chi connectivity index (χ0) is 23.7. The highest BCUT2D eigenvalue weighted by Crippen LogP contribution is 2.27. The molecule has 0 spiro atoms. The molecule has 10 heteroatoms. The summed E-state index contributed by atoms with van der Waals surface area (Å²) < 4.78 is 15.3. The van der Waals surface area contributed by atoms with Gasteiger partial charge in [0.2, 0.25) is 0 Å². The topological polar surface area (TPSA) is 117 Å². The van der Waals surface area contributed by atoms with Crippen molar-refractivity contribution in [2.24, 2.45) is 0 Å². The standard InChI is InChI=1S/C24H21N5O5/c1-2-27-21-20(22(31)29(24(27)32)15-19-11-12-25-34-19)28(14-16-7-4-3-5-8-16)23(26-21)33-18-10-6-9-17(30)13-18/h3-13,30H,2,14-15H2,1H3. The SMILES string of the molecule is CCn1c(=O)n(Cc2ccno2)c(=O)c2c1nc(Oc1cccc(O)c1)n2Cc1ccccc1. The smallest absolute Gasteiger partial charge is 0.333 e. The molecule has 3 heterocycles. The number of fused-ring (bicyclic) bond motifs is 1. The molecule has 0 saturated carbocycles. The van der Waals surface area contributed by atoms with Crippen LogP contribution in [0.5, 0.6) is 17.5 Å². The number of imidazole rings is 1. The summed E-state index contributed by atoms with van der Waals surface area (Å²) in [5, 5.41) is 13.5. The molecule has 172 valence electrons. The molecule has 3 aromatic heterocycles. The zero-order valence-electron chi connectivity index (χ0n) is 18.3. The van der Waals surface area contributed by atoms with Crippen LogP contribution in [-0.2, 0) is 19.6 Å². The van der Waals surface area contributed by atoms with E-state index in [2.05, 4.69) is 10.1 Å². The van der Waals surface area contributed by atoms with Gasteiger partial charge in [0.15, 0.2) is 16.9 Å². The molecule has 0 aliphatic carbocycles. The maximum atomic E-state index is 13.6. The fraction of sp³-hybridized carbons (Fsp3) is 0.167. The van der Waals surface area contributed by atoms with E-state index in [1.54, 1.807) is 29.7 Å². The lowest BCUT2D eigenvalue weighted by atomic mass is 10.2. The number of phenols is 1. The van der Waals surface area contributed by atoms with E-state index in [9.17, 15) is 14.7 Å². The molecule has 0 atom stereocenters. The first kappa shape index (κ1) is 21.3. The lowest BCUT2D eigenvalue weighted by Crippen LogP contribution is -2.40. The normalized spacial score (nSPS) is 11.2. The monoisotopic (exact) mass is 459 g/mol. The van der Waals surface area contributed by atoms with Crippen molar-refractivity contribution in [2.45, 2.75) is 26.6 Å². The first-order chi connectivity index (χ1) is 16.5. The summed E-state index contributed by atoms with van der Waals surface area (Å²) in [5.74, 6) is 0.756. The van der Waals surface area contributed by atoms with Crippen molar-refractivity contribution in [3.05, 3.63) is 99.0 Å². The van der Waals surface area contributed by atoms with Crippen LogP contribution in [0.4, 0.5) is 0 Å². The number of phenolic OH excluding ortho intramolecular Hbond substituents is 1. The second kappa shape index (κ2) is 8.74. The molecule has 0 saturated heterocycles. The van der Waals surface area contributed by atoms with E-state index in [0.29, 0.717) is 18.1 Å². The zero-order valence-corrected chi connectivity index (χ0v) is 18.3. The summed E-state index contributed by atoms with van der Waals surface area (Å²) in [7, 11) is 0. The van der Waals surface area contributed by atoms with Gasteiger partial charge in [0.1, 0.15) is 11.5 Å². The Kier molecular flexibility index (Phi) is 5.46. The van der Waals surface area contributed by atoms with Crippen LogP contribution < -0.4 is 16.0 Å². The van der Waals surface area contributed by atoms with Gasteiger partial charge < -0.3 is 14.4 Å². The van der Waals surface area contributed by atoms with Gasteiger partial charge in [-0.1, -0.05) is 41.6 Å². The van der Waals surface area contributed by atoms with Crippen molar-refractivity contribution < 1.29 is 14.4 Å². The predicted molar refractivity (Wildman–Crippen MR) is 123 cm³/mol. The summed E-state index contributed by atoms with van der Waals surface area (Å²) in [6.07, 6.45) is 1.46. The number of aryl methyl sites for hydroxylation is 1. The molecular weight excluding hydrogens is 438 g/mol. The van der Waals surface area contributed by atoms with Crippen LogP contribution in [0.15, 0.2) is 81.0 Å². The lowest BCUT2D eigenvalue weighted by molar-refractivity contribution is 0.371. The predicted octanol–water partition coefficient (Wildman–Crippen LogP) is 2.96. The number of nitrogens with zero attached hydrogens (tertiary/aromatic N) is 5. The number of rotatable bonds is 7. The van der Waals surface area contributed by atoms with E-state index in [0.717, 1.165) is 10.1 Å². The van der Waals surface area contributed by atoms with Gasteiger partial charge in [-0.2, -0.15) is 4.98 Å². The van der Waals surface area contributed by atoms with Crippen molar-refractivity contribution in [3.63, 3.8) is 0 Å². The third-order valence-corrected chi connectivity index (χ3v) is 5.41. The van der Waals surface area contributed by atoms with E-state index >= 15 is 0 Å². The van der Waals surface area contributed by atoms with Gasteiger partial charge in [0, 0.05) is 18.7 Å². The molecule has 0 fully saturated rings. The van der Waals surface area contributed by atoms with E-state index < -0.39 is 11.2 Å². The molecule has 5 rings (SSSR count). The van der Waals surface area contributed by atoms with Gasteiger partial charge >= 0.3 is 11.7 Å². The molecule has 5 aromatic rings. The van der Waals surface area contributed by atoms with E-state index in [1.165, 1.54) is 22.9 Å². The van der Waals surface area contributed by atoms with Crippen LogP contribution in [0.3, 0.4) is 0 Å². The Hall–Kier alpha value is -4.60. The molecule has 0 aliphatic heterocycles. The van der Waals surface area contributed by atoms with Gasteiger partial charge in [-0.15, -0.1) is 0 Å². The first-order valence-corrected chi connectivity index (χ1v) is 10.7. The number of aromatic hydroxyl groups is 1. The van der Waals surface area contributed by atoms with Crippen molar-refractivity contribution in [3.8, 4) is 17.5 Å². The summed E-state index contributed by atoms with van der Waals surface area (Å²) in [6, 6.07) is 17.5. The lowest BCUT2D eigenvalue weighted by Gasteiger charge is -2.11. The van der Waals surface area contributed by atoms with E-state index in [1.807, 2.05) is 30.3 Å². The van der Waals surface area contributed by atoms with Crippen LogP contribution in [0.1, 0.15) is 18.2 Å². The maximum absolute atomic E-state index is 13.6. The Morgan fingerprint density at radius 3 is 2.50 bits per heavy atom. The molecule has 2 aromatic carbocycles. The molecule has 34 heavy (non-hydrogen) atoms. The molecule has 0 unspecified atom stereocenters. The van der Waals surface area contributed by atoms with Gasteiger partial charge in [-0.05, 0) is 24.6 Å². The average Bonchev–Trinajstić information content (AvgIpc) is 3.46. The summed E-state index contributed by atoms with van der Waals surface area (Å²) >= 11 is 0. The number of benzene rings is 2. The maximum Gasteiger partial charge on any atom is 0.333 e. The third kappa shape index (κ3) is 3.85. The Labute approximate surface area is 192 Å². The summed E-state index contributed by atoms with van der Waals surface area (Å²) in [4.78, 5) is 31.3. The number of aromatic nitrogens is 5. The van der Waals surface area contributed by atoms with Gasteiger partial charge in [0.05, 0.1) is 19.3 Å². The van der Waals surface area contributed by atoms with Crippen molar-refractivity contribution in [1.29, 1.82) is 0 Å². The number of hydrogen-bond donors (Lipinski definition) is 1. The van der Waals surface area contributed by atoms with E-state index in [-0.39, 0.29) is 36.0 Å². The quantitative estimate of drug-likeness (QED) is 0.398. The minimum Gasteiger partial charge on any atom is -0.508 e. The Balaban J connectivity index is 1.75.